The molecule has 3 aromatic rings. The van der Waals surface area contributed by atoms with E-state index in [4.69, 9.17) is 21.4 Å². The minimum Gasteiger partial charge on any atom is -0.478 e. The number of morpholine rings is 1. The number of nitrogens with zero attached hydrogens (tertiary/aromatic N) is 2. The number of nitrogens with one attached hydrogen (secondary N) is 1. The van der Waals surface area contributed by atoms with Gasteiger partial charge in [-0.1, -0.05) is 35.9 Å². The van der Waals surface area contributed by atoms with Crippen molar-refractivity contribution in [1.29, 1.82) is 0 Å². The van der Waals surface area contributed by atoms with Gasteiger partial charge in [-0.3, -0.25) is 4.90 Å². The first-order chi connectivity index (χ1) is 13.6. The molecular formula is C21H20ClN3O3. The molecule has 2 heterocycles. The van der Waals surface area contributed by atoms with Gasteiger partial charge in [0.15, 0.2) is 0 Å². The van der Waals surface area contributed by atoms with Crippen LogP contribution >= 0.6 is 11.6 Å². The highest BCUT2D eigenvalue weighted by Gasteiger charge is 2.27. The molecule has 6 nitrogen and oxygen atoms in total. The number of rotatable bonds is 5. The molecule has 1 atom stereocenters. The third-order valence-electron chi connectivity index (χ3n) is 4.89. The topological polar surface area (TPSA) is 78.4 Å². The Morgan fingerprint density at radius 2 is 1.96 bits per heavy atom. The maximum Gasteiger partial charge on any atom is 0.335 e. The molecule has 0 spiro atoms. The number of imidazole rings is 1. The van der Waals surface area contributed by atoms with Crippen molar-refractivity contribution in [2.75, 3.05) is 19.8 Å². The van der Waals surface area contributed by atoms with Gasteiger partial charge in [0.2, 0.25) is 0 Å². The van der Waals surface area contributed by atoms with Crippen LogP contribution in [0, 0.1) is 0 Å². The minimum absolute atomic E-state index is 0.00829. The number of carbonyl (C=O) groups is 1. The Balaban J connectivity index is 1.52. The molecule has 0 aliphatic carbocycles. The molecule has 2 aromatic carbocycles. The summed E-state index contributed by atoms with van der Waals surface area (Å²) in [5.41, 5.74) is 3.31. The minimum atomic E-state index is -0.916. The lowest BCUT2D eigenvalue weighted by Gasteiger charge is -2.34. The standard InChI is InChI=1S/C21H20ClN3O3/c22-17-7-5-15(6-8-17)18-11-23-20(24-18)19-13-28-10-9-25(19)12-14-1-3-16(4-2-14)21(26)27/h1-8,11,19H,9-10,12-13H2,(H,23,24)(H,26,27). The monoisotopic (exact) mass is 397 g/mol. The molecule has 0 radical (unpaired) electrons. The van der Waals surface area contributed by atoms with Crippen LogP contribution in [0.15, 0.2) is 54.7 Å². The summed E-state index contributed by atoms with van der Waals surface area (Å²) in [4.78, 5) is 21.3. The van der Waals surface area contributed by atoms with Crippen molar-refractivity contribution < 1.29 is 14.6 Å². The van der Waals surface area contributed by atoms with E-state index in [0.717, 1.165) is 29.2 Å². The quantitative estimate of drug-likeness (QED) is 0.680. The van der Waals surface area contributed by atoms with E-state index in [1.54, 1.807) is 12.1 Å². The van der Waals surface area contributed by atoms with E-state index in [1.807, 2.05) is 42.6 Å². The van der Waals surface area contributed by atoms with Gasteiger partial charge in [-0.25, -0.2) is 9.78 Å². The van der Waals surface area contributed by atoms with Crippen LogP contribution in [0.2, 0.25) is 5.02 Å². The Hall–Kier alpha value is -2.67. The lowest BCUT2D eigenvalue weighted by atomic mass is 10.1. The summed E-state index contributed by atoms with van der Waals surface area (Å²) in [6.45, 7) is 2.70. The van der Waals surface area contributed by atoms with Crippen LogP contribution in [0.3, 0.4) is 0 Å². The van der Waals surface area contributed by atoms with Gasteiger partial charge in [-0.2, -0.15) is 0 Å². The van der Waals surface area contributed by atoms with Crippen LogP contribution in [0.25, 0.3) is 11.3 Å². The Labute approximate surface area is 167 Å². The Bertz CT molecular complexity index is 954. The lowest BCUT2D eigenvalue weighted by Crippen LogP contribution is -2.39. The van der Waals surface area contributed by atoms with Gasteiger partial charge >= 0.3 is 5.97 Å². The van der Waals surface area contributed by atoms with Gasteiger partial charge in [0.05, 0.1) is 36.7 Å². The number of carboxylic acids is 1. The summed E-state index contributed by atoms with van der Waals surface area (Å²) < 4.78 is 5.69. The van der Waals surface area contributed by atoms with Crippen molar-refractivity contribution in [2.24, 2.45) is 0 Å². The summed E-state index contributed by atoms with van der Waals surface area (Å²) in [7, 11) is 0. The van der Waals surface area contributed by atoms with Crippen molar-refractivity contribution in [3.05, 3.63) is 76.7 Å². The number of ether oxygens (including phenoxy) is 1. The summed E-state index contributed by atoms with van der Waals surface area (Å²) >= 11 is 5.97. The van der Waals surface area contributed by atoms with E-state index in [9.17, 15) is 4.79 Å². The zero-order valence-corrected chi connectivity index (χ0v) is 15.9. The summed E-state index contributed by atoms with van der Waals surface area (Å²) in [6.07, 6.45) is 1.83. The van der Waals surface area contributed by atoms with E-state index in [0.29, 0.717) is 30.3 Å². The molecule has 0 saturated carbocycles. The molecular weight excluding hydrogens is 378 g/mol. The SMILES string of the molecule is O=C(O)c1ccc(CN2CCOCC2c2ncc(-c3ccc(Cl)cc3)[nH]2)cc1. The predicted octanol–water partition coefficient (Wildman–Crippen LogP) is 4.00. The van der Waals surface area contributed by atoms with Crippen LogP contribution in [0.4, 0.5) is 0 Å². The second-order valence-electron chi connectivity index (χ2n) is 6.75. The van der Waals surface area contributed by atoms with Crippen LogP contribution in [0.1, 0.15) is 27.8 Å². The average molecular weight is 398 g/mol. The third-order valence-corrected chi connectivity index (χ3v) is 5.14. The van der Waals surface area contributed by atoms with Gasteiger partial charge in [-0.15, -0.1) is 0 Å². The maximum atomic E-state index is 11.0. The first-order valence-electron chi connectivity index (χ1n) is 9.05. The fourth-order valence-electron chi connectivity index (χ4n) is 3.35. The molecule has 1 saturated heterocycles. The second kappa shape index (κ2) is 8.14. The molecule has 4 rings (SSSR count). The van der Waals surface area contributed by atoms with Crippen LogP contribution < -0.4 is 0 Å². The van der Waals surface area contributed by atoms with E-state index >= 15 is 0 Å². The van der Waals surface area contributed by atoms with E-state index in [-0.39, 0.29) is 6.04 Å². The molecule has 1 fully saturated rings. The molecule has 0 amide bonds. The zero-order chi connectivity index (χ0) is 19.5. The number of benzene rings is 2. The first-order valence-corrected chi connectivity index (χ1v) is 9.43. The number of aromatic carboxylic acids is 1. The average Bonchev–Trinajstić information content (AvgIpc) is 3.19. The Kier molecular flexibility index (Phi) is 5.43. The highest BCUT2D eigenvalue weighted by molar-refractivity contribution is 6.30. The molecule has 0 bridgehead atoms. The number of aromatic amines is 1. The molecule has 144 valence electrons. The molecule has 1 aromatic heterocycles. The summed E-state index contributed by atoms with van der Waals surface area (Å²) in [5, 5.41) is 9.75. The summed E-state index contributed by atoms with van der Waals surface area (Å²) in [6, 6.07) is 14.6. The molecule has 1 unspecified atom stereocenters. The summed E-state index contributed by atoms with van der Waals surface area (Å²) in [5.74, 6) is -0.0621. The number of carboxylic acid groups (broad SMARTS) is 1. The number of hydrogen-bond acceptors (Lipinski definition) is 4. The van der Waals surface area contributed by atoms with Crippen LogP contribution in [0.5, 0.6) is 0 Å². The molecule has 1 aliphatic rings. The molecule has 28 heavy (non-hydrogen) atoms. The van der Waals surface area contributed by atoms with Gasteiger partial charge in [0.25, 0.3) is 0 Å². The number of hydrogen-bond donors (Lipinski definition) is 2. The van der Waals surface area contributed by atoms with Crippen molar-refractivity contribution in [3.63, 3.8) is 0 Å². The molecule has 7 heteroatoms. The lowest BCUT2D eigenvalue weighted by molar-refractivity contribution is -0.0156. The van der Waals surface area contributed by atoms with Crippen molar-refractivity contribution in [1.82, 2.24) is 14.9 Å². The maximum absolute atomic E-state index is 11.0. The fraction of sp³-hybridized carbons (Fsp3) is 0.238. The van der Waals surface area contributed by atoms with Gasteiger partial charge < -0.3 is 14.8 Å². The highest BCUT2D eigenvalue weighted by atomic mass is 35.5. The second-order valence-corrected chi connectivity index (χ2v) is 7.19. The highest BCUT2D eigenvalue weighted by Crippen LogP contribution is 2.27. The van der Waals surface area contributed by atoms with Crippen molar-refractivity contribution in [3.8, 4) is 11.3 Å². The van der Waals surface area contributed by atoms with Gasteiger partial charge in [0.1, 0.15) is 5.82 Å². The van der Waals surface area contributed by atoms with Gasteiger partial charge in [0, 0.05) is 18.1 Å². The fourth-order valence-corrected chi connectivity index (χ4v) is 3.47. The first kappa shape index (κ1) is 18.7. The van der Waals surface area contributed by atoms with E-state index in [2.05, 4.69) is 14.9 Å². The smallest absolute Gasteiger partial charge is 0.335 e. The Morgan fingerprint density at radius 1 is 1.21 bits per heavy atom. The van der Waals surface area contributed by atoms with Gasteiger partial charge in [-0.05, 0) is 35.4 Å². The number of halogens is 1. The largest absolute Gasteiger partial charge is 0.478 e. The van der Waals surface area contributed by atoms with Crippen molar-refractivity contribution in [2.45, 2.75) is 12.6 Å². The number of aromatic nitrogens is 2. The predicted molar refractivity (Wildman–Crippen MR) is 106 cm³/mol. The Morgan fingerprint density at radius 3 is 2.68 bits per heavy atom. The van der Waals surface area contributed by atoms with E-state index < -0.39 is 5.97 Å². The molecule has 2 N–H and O–H groups in total. The third kappa shape index (κ3) is 4.09. The molecule has 1 aliphatic heterocycles. The normalized spacial score (nSPS) is 17.5. The van der Waals surface area contributed by atoms with E-state index in [1.165, 1.54) is 0 Å². The van der Waals surface area contributed by atoms with Crippen LogP contribution in [-0.2, 0) is 11.3 Å². The number of H-pyrrole nitrogens is 1. The van der Waals surface area contributed by atoms with Crippen molar-refractivity contribution >= 4 is 17.6 Å². The zero-order valence-electron chi connectivity index (χ0n) is 15.1. The van der Waals surface area contributed by atoms with Crippen LogP contribution in [-0.4, -0.2) is 45.7 Å².